The van der Waals surface area contributed by atoms with Crippen molar-refractivity contribution in [1.82, 2.24) is 0 Å². The highest BCUT2D eigenvalue weighted by molar-refractivity contribution is 6.42. The van der Waals surface area contributed by atoms with E-state index in [0.29, 0.717) is 5.56 Å². The minimum absolute atomic E-state index is 0.502. The predicted molar refractivity (Wildman–Crippen MR) is 41.6 cm³/mol. The van der Waals surface area contributed by atoms with Crippen LogP contribution in [0.25, 0.3) is 0 Å². The van der Waals surface area contributed by atoms with Crippen LogP contribution in [0.1, 0.15) is 11.6 Å². The number of hydrogen-bond donors (Lipinski definition) is 3. The molecule has 1 aromatic carbocycles. The van der Waals surface area contributed by atoms with Crippen LogP contribution in [0.4, 0.5) is 0 Å². The first-order valence-corrected chi connectivity index (χ1v) is 3.31. The van der Waals surface area contributed by atoms with E-state index in [0.717, 1.165) is 0 Å². The quantitative estimate of drug-likeness (QED) is 0.511. The number of benzene rings is 1. The molecule has 4 heteroatoms. The van der Waals surface area contributed by atoms with Crippen LogP contribution in [-0.2, 0) is 0 Å². The number of hydrogen-bond acceptors (Lipinski definition) is 3. The minimum Gasteiger partial charge on any atom is -0.425 e. The van der Waals surface area contributed by atoms with Crippen LogP contribution in [0, 0.1) is 0 Å². The topological polar surface area (TPSA) is 60.7 Å². The van der Waals surface area contributed by atoms with Gasteiger partial charge >= 0.3 is 7.12 Å². The summed E-state index contributed by atoms with van der Waals surface area (Å²) in [6.07, 6.45) is 0. The van der Waals surface area contributed by atoms with Crippen molar-refractivity contribution in [2.45, 2.75) is 6.00 Å². The van der Waals surface area contributed by atoms with Crippen molar-refractivity contribution in [2.24, 2.45) is 0 Å². The molecule has 0 spiro atoms. The van der Waals surface area contributed by atoms with Crippen LogP contribution in [-0.4, -0.2) is 22.3 Å². The van der Waals surface area contributed by atoms with Crippen LogP contribution >= 0.6 is 0 Å². The molecule has 0 aliphatic heterocycles. The molecule has 0 aliphatic rings. The summed E-state index contributed by atoms with van der Waals surface area (Å²) in [6.45, 7) is 0. The van der Waals surface area contributed by atoms with Gasteiger partial charge in [0.25, 0.3) is 0 Å². The van der Waals surface area contributed by atoms with Gasteiger partial charge in [-0.2, -0.15) is 0 Å². The lowest BCUT2D eigenvalue weighted by Crippen LogP contribution is -2.22. The highest BCUT2D eigenvalue weighted by Gasteiger charge is 2.21. The maximum Gasteiger partial charge on any atom is 0.487 e. The van der Waals surface area contributed by atoms with E-state index < -0.39 is 13.1 Å². The van der Waals surface area contributed by atoms with Gasteiger partial charge in [0.1, 0.15) is 6.00 Å². The third-order valence-corrected chi connectivity index (χ3v) is 1.42. The fourth-order valence-corrected chi connectivity index (χ4v) is 0.822. The van der Waals surface area contributed by atoms with Gasteiger partial charge in [-0.05, 0) is 5.56 Å². The van der Waals surface area contributed by atoms with Crippen LogP contribution in [0.3, 0.4) is 0 Å². The first-order chi connectivity index (χ1) is 5.22. The van der Waals surface area contributed by atoms with Gasteiger partial charge in [0, 0.05) is 0 Å². The summed E-state index contributed by atoms with van der Waals surface area (Å²) in [5.41, 5.74) is 0.502. The van der Waals surface area contributed by atoms with Crippen molar-refractivity contribution >= 4 is 7.12 Å². The molecule has 58 valence electrons. The fraction of sp³-hybridized carbons (Fsp3) is 0.143. The Balaban J connectivity index is 2.77. The molecule has 0 fully saturated rings. The normalized spacial score (nSPS) is 12.6. The highest BCUT2D eigenvalue weighted by Crippen LogP contribution is 2.11. The van der Waals surface area contributed by atoms with Gasteiger partial charge in [-0.25, -0.2) is 0 Å². The Bertz CT molecular complexity index is 212. The zero-order valence-electron chi connectivity index (χ0n) is 5.88. The Labute approximate surface area is 65.1 Å². The van der Waals surface area contributed by atoms with E-state index >= 15 is 0 Å². The summed E-state index contributed by atoms with van der Waals surface area (Å²) in [7, 11) is -1.71. The van der Waals surface area contributed by atoms with Gasteiger partial charge in [-0.1, -0.05) is 30.3 Å². The van der Waals surface area contributed by atoms with Gasteiger partial charge < -0.3 is 15.2 Å². The molecular weight excluding hydrogens is 143 g/mol. The number of aliphatic hydroxyl groups is 1. The zero-order valence-corrected chi connectivity index (χ0v) is 5.88. The molecule has 0 saturated heterocycles. The Morgan fingerprint density at radius 1 is 1.09 bits per heavy atom. The van der Waals surface area contributed by atoms with Gasteiger partial charge in [0.15, 0.2) is 0 Å². The molecule has 0 amide bonds. The molecule has 11 heavy (non-hydrogen) atoms. The largest absolute Gasteiger partial charge is 0.487 e. The lowest BCUT2D eigenvalue weighted by atomic mass is 9.78. The Hall–Kier alpha value is -0.835. The van der Waals surface area contributed by atoms with Crippen LogP contribution in [0.5, 0.6) is 0 Å². The predicted octanol–water partition coefficient (Wildman–Crippen LogP) is -0.268. The maximum absolute atomic E-state index is 9.10. The van der Waals surface area contributed by atoms with Crippen LogP contribution in [0.15, 0.2) is 30.3 Å². The van der Waals surface area contributed by atoms with Gasteiger partial charge in [-0.3, -0.25) is 0 Å². The van der Waals surface area contributed by atoms with E-state index in [2.05, 4.69) is 0 Å². The van der Waals surface area contributed by atoms with E-state index in [4.69, 9.17) is 15.2 Å². The monoisotopic (exact) mass is 152 g/mol. The molecule has 0 heterocycles. The molecule has 0 bridgehead atoms. The second-order valence-corrected chi connectivity index (χ2v) is 2.27. The summed E-state index contributed by atoms with van der Waals surface area (Å²) in [5.74, 6) is 0. The standard InChI is InChI=1S/C7H9BO3/c9-7(8(10)11)6-4-2-1-3-5-6/h1-5,7,9-11H. The molecule has 3 nitrogen and oxygen atoms in total. The second-order valence-electron chi connectivity index (χ2n) is 2.27. The average Bonchev–Trinajstić information content (AvgIpc) is 2.05. The van der Waals surface area contributed by atoms with E-state index in [9.17, 15) is 0 Å². The summed E-state index contributed by atoms with van der Waals surface area (Å²) >= 11 is 0. The zero-order chi connectivity index (χ0) is 8.27. The lowest BCUT2D eigenvalue weighted by molar-refractivity contribution is 0.201. The molecule has 1 atom stereocenters. The van der Waals surface area contributed by atoms with Gasteiger partial charge in [-0.15, -0.1) is 0 Å². The molecule has 0 saturated carbocycles. The van der Waals surface area contributed by atoms with Crippen molar-refractivity contribution in [2.75, 3.05) is 0 Å². The molecule has 3 N–H and O–H groups in total. The summed E-state index contributed by atoms with van der Waals surface area (Å²) in [4.78, 5) is 0. The van der Waals surface area contributed by atoms with Crippen molar-refractivity contribution in [1.29, 1.82) is 0 Å². The van der Waals surface area contributed by atoms with Crippen LogP contribution < -0.4 is 0 Å². The lowest BCUT2D eigenvalue weighted by Gasteiger charge is -2.07. The third kappa shape index (κ3) is 2.05. The molecule has 1 aromatic rings. The van der Waals surface area contributed by atoms with Crippen molar-refractivity contribution < 1.29 is 15.2 Å². The number of aliphatic hydroxyl groups excluding tert-OH is 1. The first kappa shape index (κ1) is 8.26. The van der Waals surface area contributed by atoms with Gasteiger partial charge in [0.05, 0.1) is 0 Å². The summed E-state index contributed by atoms with van der Waals surface area (Å²) < 4.78 is 0. The average molecular weight is 152 g/mol. The van der Waals surface area contributed by atoms with Crippen molar-refractivity contribution in [3.63, 3.8) is 0 Å². The van der Waals surface area contributed by atoms with E-state index in [1.807, 2.05) is 0 Å². The van der Waals surface area contributed by atoms with E-state index in [1.54, 1.807) is 30.3 Å². The SMILES string of the molecule is OB(O)C(O)c1ccccc1. The third-order valence-electron chi connectivity index (χ3n) is 1.42. The molecule has 0 radical (unpaired) electrons. The summed E-state index contributed by atoms with van der Waals surface area (Å²) in [6, 6.07) is 7.28. The van der Waals surface area contributed by atoms with Crippen molar-refractivity contribution in [3.05, 3.63) is 35.9 Å². The van der Waals surface area contributed by atoms with Crippen molar-refractivity contribution in [3.8, 4) is 0 Å². The summed E-state index contributed by atoms with van der Waals surface area (Å²) in [5, 5.41) is 26.3. The molecule has 1 rings (SSSR count). The Morgan fingerprint density at radius 2 is 1.64 bits per heavy atom. The van der Waals surface area contributed by atoms with E-state index in [-0.39, 0.29) is 0 Å². The van der Waals surface area contributed by atoms with Crippen LogP contribution in [0.2, 0.25) is 0 Å². The first-order valence-electron chi connectivity index (χ1n) is 3.31. The second kappa shape index (κ2) is 3.53. The molecule has 1 unspecified atom stereocenters. The fourth-order valence-electron chi connectivity index (χ4n) is 0.822. The van der Waals surface area contributed by atoms with Gasteiger partial charge in [0.2, 0.25) is 0 Å². The molecule has 0 aliphatic carbocycles. The maximum atomic E-state index is 9.10. The number of rotatable bonds is 2. The molecule has 0 aromatic heterocycles. The smallest absolute Gasteiger partial charge is 0.425 e. The Morgan fingerprint density at radius 3 is 2.09 bits per heavy atom. The molecular formula is C7H9BO3. The highest BCUT2D eigenvalue weighted by atomic mass is 16.4. The minimum atomic E-state index is -1.71. The van der Waals surface area contributed by atoms with E-state index in [1.165, 1.54) is 0 Å². The Kier molecular flexibility index (Phi) is 2.65.